The minimum absolute atomic E-state index is 0.126. The molecule has 0 aliphatic rings. The average Bonchev–Trinajstić information content (AvgIpc) is 3.01. The Morgan fingerprint density at radius 3 is 1.38 bits per heavy atom. The average molecular weight is 786 g/mol. The Kier molecular flexibility index (Phi) is 16.1. The van der Waals surface area contributed by atoms with Crippen LogP contribution in [0.2, 0.25) is 0 Å². The number of benzene rings is 2. The second-order valence-corrected chi connectivity index (χ2v) is 16.4. The molecule has 17 nitrogen and oxygen atoms in total. The molecule has 0 aliphatic heterocycles. The van der Waals surface area contributed by atoms with Gasteiger partial charge >= 0.3 is 24.4 Å². The molecule has 0 bridgehead atoms. The number of ether oxygens (including phenoxy) is 6. The van der Waals surface area contributed by atoms with Crippen LogP contribution in [-0.4, -0.2) is 94.8 Å². The van der Waals surface area contributed by atoms with Crippen LogP contribution in [0.1, 0.15) is 88.6 Å². The molecule has 310 valence electrons. The molecule has 0 aromatic heterocycles. The van der Waals surface area contributed by atoms with Crippen LogP contribution in [0.15, 0.2) is 42.5 Å². The predicted molar refractivity (Wildman–Crippen MR) is 211 cm³/mol. The number of hydrogen-bond donors (Lipinski definition) is 5. The van der Waals surface area contributed by atoms with Crippen LogP contribution < -0.4 is 25.8 Å². The first-order valence-corrected chi connectivity index (χ1v) is 18.0. The molecule has 0 radical (unpaired) electrons. The molecule has 6 N–H and O–H groups in total. The Morgan fingerprint density at radius 1 is 0.589 bits per heavy atom. The monoisotopic (exact) mass is 785 g/mol. The van der Waals surface area contributed by atoms with Crippen LogP contribution in [-0.2, 0) is 25.5 Å². The van der Waals surface area contributed by atoms with E-state index in [9.17, 15) is 19.2 Å². The third-order valence-electron chi connectivity index (χ3n) is 6.61. The van der Waals surface area contributed by atoms with Crippen LogP contribution in [0, 0.1) is 10.8 Å². The lowest BCUT2D eigenvalue weighted by Gasteiger charge is -2.28. The lowest BCUT2D eigenvalue weighted by atomic mass is 10.0. The van der Waals surface area contributed by atoms with Crippen LogP contribution in [0.3, 0.4) is 0 Å². The van der Waals surface area contributed by atoms with Gasteiger partial charge in [-0.05, 0) is 107 Å². The fraction of sp³-hybridized carbons (Fsp3) is 0.538. The molecule has 17 heteroatoms. The zero-order chi connectivity index (χ0) is 42.6. The molecular weight excluding hydrogens is 726 g/mol. The van der Waals surface area contributed by atoms with Gasteiger partial charge in [0.15, 0.2) is 0 Å². The first kappa shape index (κ1) is 46.6. The molecule has 2 aromatic carbocycles. The molecule has 0 saturated carbocycles. The Hall–Kier alpha value is -5.58. The van der Waals surface area contributed by atoms with Crippen molar-refractivity contribution in [3.8, 4) is 22.6 Å². The van der Waals surface area contributed by atoms with E-state index in [1.807, 2.05) is 6.07 Å². The van der Waals surface area contributed by atoms with Gasteiger partial charge in [0, 0.05) is 17.7 Å². The highest BCUT2D eigenvalue weighted by molar-refractivity contribution is 6.00. The van der Waals surface area contributed by atoms with Gasteiger partial charge in [-0.2, -0.15) is 0 Å². The maximum absolute atomic E-state index is 13.1. The van der Waals surface area contributed by atoms with Crippen LogP contribution in [0.5, 0.6) is 11.5 Å². The van der Waals surface area contributed by atoms with Crippen molar-refractivity contribution in [3.05, 3.63) is 48.0 Å². The number of nitrogens with two attached hydrogens (primary N) is 1. The minimum Gasteiger partial charge on any atom is -0.491 e. The maximum Gasteiger partial charge on any atom is 0.417 e. The molecule has 2 rings (SSSR count). The van der Waals surface area contributed by atoms with Crippen molar-refractivity contribution >= 4 is 36.3 Å². The molecular formula is C39H59N7O10. The van der Waals surface area contributed by atoms with Gasteiger partial charge in [0.1, 0.15) is 47.1 Å². The fourth-order valence-electron chi connectivity index (χ4n) is 4.51. The number of guanidine groups is 2. The van der Waals surface area contributed by atoms with Gasteiger partial charge in [-0.3, -0.25) is 21.5 Å². The number of para-hydroxylation sites is 1. The highest BCUT2D eigenvalue weighted by Crippen LogP contribution is 2.37. The maximum atomic E-state index is 13.1. The summed E-state index contributed by atoms with van der Waals surface area (Å²) in [5.41, 5.74) is 4.49. The van der Waals surface area contributed by atoms with Gasteiger partial charge in [0.25, 0.3) is 0 Å². The zero-order valence-corrected chi connectivity index (χ0v) is 34.6. The van der Waals surface area contributed by atoms with Crippen molar-refractivity contribution < 1.29 is 47.6 Å². The molecule has 0 atom stereocenters. The normalized spacial score (nSPS) is 11.7. The fourth-order valence-corrected chi connectivity index (χ4v) is 4.51. The van der Waals surface area contributed by atoms with E-state index in [0.29, 0.717) is 22.6 Å². The lowest BCUT2D eigenvalue weighted by molar-refractivity contribution is 0.0324. The summed E-state index contributed by atoms with van der Waals surface area (Å²) in [6, 6.07) is 12.4. The Balaban J connectivity index is 2.35. The van der Waals surface area contributed by atoms with Crippen molar-refractivity contribution in [1.29, 1.82) is 10.8 Å². The van der Waals surface area contributed by atoms with Gasteiger partial charge in [-0.25, -0.2) is 29.0 Å². The molecule has 0 spiro atoms. The molecule has 2 aromatic rings. The van der Waals surface area contributed by atoms with E-state index in [4.69, 9.17) is 45.0 Å². The summed E-state index contributed by atoms with van der Waals surface area (Å²) in [4.78, 5) is 53.0. The summed E-state index contributed by atoms with van der Waals surface area (Å²) in [6.45, 7) is 19.7. The second-order valence-electron chi connectivity index (χ2n) is 16.4. The molecule has 4 amide bonds. The van der Waals surface area contributed by atoms with Gasteiger partial charge in [0.2, 0.25) is 11.9 Å². The van der Waals surface area contributed by atoms with Crippen molar-refractivity contribution in [3.63, 3.8) is 0 Å². The second kappa shape index (κ2) is 19.3. The summed E-state index contributed by atoms with van der Waals surface area (Å²) < 4.78 is 33.8. The largest absolute Gasteiger partial charge is 0.491 e. The van der Waals surface area contributed by atoms with Crippen molar-refractivity contribution in [1.82, 2.24) is 20.4 Å². The van der Waals surface area contributed by atoms with Gasteiger partial charge < -0.3 is 34.2 Å². The number of amides is 4. The number of hydrogen-bond acceptors (Lipinski definition) is 13. The smallest absolute Gasteiger partial charge is 0.417 e. The predicted octanol–water partition coefficient (Wildman–Crippen LogP) is 6.96. The van der Waals surface area contributed by atoms with Crippen molar-refractivity contribution in [2.75, 3.05) is 26.3 Å². The highest BCUT2D eigenvalue weighted by atomic mass is 16.6. The van der Waals surface area contributed by atoms with E-state index in [0.717, 1.165) is 15.4 Å². The highest BCUT2D eigenvalue weighted by Gasteiger charge is 2.30. The summed E-state index contributed by atoms with van der Waals surface area (Å²) in [7, 11) is 0. The van der Waals surface area contributed by atoms with Gasteiger partial charge in [-0.15, -0.1) is 0 Å². The van der Waals surface area contributed by atoms with Crippen molar-refractivity contribution in [2.24, 2.45) is 5.73 Å². The molecule has 0 aliphatic carbocycles. The molecule has 56 heavy (non-hydrogen) atoms. The van der Waals surface area contributed by atoms with E-state index in [2.05, 4.69) is 10.6 Å². The third kappa shape index (κ3) is 16.8. The number of alkyl carbamates (subject to hydrolysis) is 2. The SMILES string of the molecule is CC(C)(C)OC(=O)NC(=N)N(CCOc1ccccc1-c1cc(CN)ccc1OCCN(C(=N)NC(=O)OC(C)(C)C)C(=O)OC(C)(C)C)C(=O)OC(C)(C)C. The number of carbonyl (C=O) groups excluding carboxylic acids is 4. The summed E-state index contributed by atoms with van der Waals surface area (Å²) >= 11 is 0. The molecule has 0 saturated heterocycles. The van der Waals surface area contributed by atoms with Crippen LogP contribution >= 0.6 is 0 Å². The van der Waals surface area contributed by atoms with E-state index >= 15 is 0 Å². The first-order valence-electron chi connectivity index (χ1n) is 18.0. The van der Waals surface area contributed by atoms with Gasteiger partial charge in [0.05, 0.1) is 13.1 Å². The van der Waals surface area contributed by atoms with E-state index in [1.165, 1.54) is 0 Å². The van der Waals surface area contributed by atoms with Gasteiger partial charge in [-0.1, -0.05) is 24.3 Å². The number of nitrogens with zero attached hydrogens (tertiary/aromatic N) is 2. The summed E-state index contributed by atoms with van der Waals surface area (Å²) in [5, 5.41) is 21.5. The van der Waals surface area contributed by atoms with E-state index in [1.54, 1.807) is 119 Å². The molecule has 0 fully saturated rings. The quantitative estimate of drug-likeness (QED) is 0.0939. The number of nitrogens with one attached hydrogen (secondary N) is 4. The van der Waals surface area contributed by atoms with Crippen molar-refractivity contribution in [2.45, 2.75) is 112 Å². The number of rotatable bonds is 10. The number of carbonyl (C=O) groups is 4. The Morgan fingerprint density at radius 2 is 0.982 bits per heavy atom. The Bertz CT molecular complexity index is 1720. The Labute approximate surface area is 329 Å². The standard InChI is InChI=1S/C39H59N7O10/c1-36(2,3)53-32(47)43-30(41)45(34(49)55-38(7,8)9)19-21-51-28-16-14-13-15-26(28)27-23-25(24-40)17-18-29(27)52-22-20-46(35(50)56-39(10,11)12)31(42)44-33(48)54-37(4,5)6/h13-18,23H,19-22,24,40H2,1-12H3,(H2,41,43,47)(H2,42,44,48). The minimum atomic E-state index is -0.918. The van der Waals surface area contributed by atoms with E-state index in [-0.39, 0.29) is 32.8 Å². The summed E-state index contributed by atoms with van der Waals surface area (Å²) in [6.07, 6.45) is -3.59. The van der Waals surface area contributed by atoms with Crippen LogP contribution in [0.4, 0.5) is 19.2 Å². The summed E-state index contributed by atoms with van der Waals surface area (Å²) in [5.74, 6) is -0.357. The first-order chi connectivity index (χ1) is 25.7. The third-order valence-corrected chi connectivity index (χ3v) is 6.61. The zero-order valence-electron chi connectivity index (χ0n) is 34.6. The molecule has 0 unspecified atom stereocenters. The van der Waals surface area contributed by atoms with E-state index < -0.39 is 58.7 Å². The lowest BCUT2D eigenvalue weighted by Crippen LogP contribution is -2.50. The molecule has 0 heterocycles. The van der Waals surface area contributed by atoms with Crippen LogP contribution in [0.25, 0.3) is 11.1 Å². The topological polar surface area (TPSA) is 228 Å².